The van der Waals surface area contributed by atoms with E-state index in [9.17, 15) is 13.2 Å². The number of carbonyl (C=O) groups is 1. The van der Waals surface area contributed by atoms with Crippen LogP contribution in [0.15, 0.2) is 77.7 Å². The Hall–Kier alpha value is -2.87. The number of hydrogen-bond donors (Lipinski definition) is 3. The number of rotatable bonds is 3. The Balaban J connectivity index is 1.53. The van der Waals surface area contributed by atoms with Gasteiger partial charge in [0.2, 0.25) is 10.0 Å². The average Bonchev–Trinajstić information content (AvgIpc) is 2.67. The van der Waals surface area contributed by atoms with Crippen LogP contribution in [0, 0.1) is 0 Å². The Morgan fingerprint density at radius 3 is 2.46 bits per heavy atom. The Kier molecular flexibility index (Phi) is 4.80. The predicted octanol–water partition coefficient (Wildman–Crippen LogP) is 3.99. The minimum atomic E-state index is -3.61. The standard InChI is InChI=1S/C20H16ClN3O3S/c21-15-4-3-5-16(12-15)22-20(25)14-10-8-13(9-11-14)19-23-17-6-1-2-7-18(17)28(26,27)24-19/h1-12,19,23-24H,(H,22,25)/t19-/m1/s1. The van der Waals surface area contributed by atoms with E-state index in [1.54, 1.807) is 72.8 Å². The zero-order valence-corrected chi connectivity index (χ0v) is 16.1. The van der Waals surface area contributed by atoms with Crippen molar-refractivity contribution >= 4 is 38.9 Å². The van der Waals surface area contributed by atoms with Gasteiger partial charge in [-0.15, -0.1) is 0 Å². The maximum absolute atomic E-state index is 12.4. The average molecular weight is 414 g/mol. The third-order valence-electron chi connectivity index (χ3n) is 4.34. The number of sulfonamides is 1. The van der Waals surface area contributed by atoms with Crippen LogP contribution in [0.4, 0.5) is 11.4 Å². The summed E-state index contributed by atoms with van der Waals surface area (Å²) < 4.78 is 27.5. The molecule has 3 aromatic rings. The van der Waals surface area contributed by atoms with Crippen molar-refractivity contribution in [1.29, 1.82) is 0 Å². The van der Waals surface area contributed by atoms with Gasteiger partial charge in [0.05, 0.1) is 5.69 Å². The number of benzene rings is 3. The molecular formula is C20H16ClN3O3S. The Labute approximate surface area is 167 Å². The molecule has 0 aliphatic carbocycles. The van der Waals surface area contributed by atoms with Crippen molar-refractivity contribution in [3.05, 3.63) is 88.9 Å². The minimum Gasteiger partial charge on any atom is -0.364 e. The van der Waals surface area contributed by atoms with Crippen molar-refractivity contribution < 1.29 is 13.2 Å². The summed E-state index contributed by atoms with van der Waals surface area (Å²) in [5.41, 5.74) is 2.27. The molecule has 1 amide bonds. The zero-order chi connectivity index (χ0) is 19.7. The number of hydrogen-bond acceptors (Lipinski definition) is 4. The fourth-order valence-corrected chi connectivity index (χ4v) is 4.47. The largest absolute Gasteiger partial charge is 0.364 e. The smallest absolute Gasteiger partial charge is 0.255 e. The molecule has 1 aliphatic rings. The summed E-state index contributed by atoms with van der Waals surface area (Å²) in [5, 5.41) is 6.46. The summed E-state index contributed by atoms with van der Waals surface area (Å²) >= 11 is 5.93. The molecule has 1 heterocycles. The van der Waals surface area contributed by atoms with Crippen LogP contribution in [0.1, 0.15) is 22.1 Å². The van der Waals surface area contributed by atoms with E-state index in [0.717, 1.165) is 0 Å². The molecular weight excluding hydrogens is 398 g/mol. The first-order valence-corrected chi connectivity index (χ1v) is 10.3. The molecule has 1 aliphatic heterocycles. The van der Waals surface area contributed by atoms with Gasteiger partial charge in [0.15, 0.2) is 0 Å². The lowest BCUT2D eigenvalue weighted by atomic mass is 10.1. The van der Waals surface area contributed by atoms with Gasteiger partial charge in [-0.05, 0) is 48.0 Å². The van der Waals surface area contributed by atoms with Crippen molar-refractivity contribution in [3.63, 3.8) is 0 Å². The molecule has 3 aromatic carbocycles. The molecule has 0 aromatic heterocycles. The minimum absolute atomic E-state index is 0.212. The fraction of sp³-hybridized carbons (Fsp3) is 0.0500. The van der Waals surface area contributed by atoms with Crippen LogP contribution in [-0.2, 0) is 10.0 Å². The van der Waals surface area contributed by atoms with Crippen LogP contribution < -0.4 is 15.4 Å². The normalized spacial score (nSPS) is 17.2. The van der Waals surface area contributed by atoms with Gasteiger partial charge >= 0.3 is 0 Å². The molecule has 0 saturated heterocycles. The molecule has 0 bridgehead atoms. The molecule has 28 heavy (non-hydrogen) atoms. The summed E-state index contributed by atoms with van der Waals surface area (Å²) in [6.45, 7) is 0. The third kappa shape index (κ3) is 3.73. The Bertz CT molecular complexity index is 1150. The van der Waals surface area contributed by atoms with Gasteiger partial charge in [0.25, 0.3) is 5.91 Å². The quantitative estimate of drug-likeness (QED) is 0.605. The Morgan fingerprint density at radius 1 is 0.964 bits per heavy atom. The van der Waals surface area contributed by atoms with E-state index in [0.29, 0.717) is 27.5 Å². The van der Waals surface area contributed by atoms with Crippen LogP contribution in [0.2, 0.25) is 5.02 Å². The molecule has 0 unspecified atom stereocenters. The van der Waals surface area contributed by atoms with E-state index in [1.807, 2.05) is 0 Å². The van der Waals surface area contributed by atoms with E-state index in [4.69, 9.17) is 11.6 Å². The van der Waals surface area contributed by atoms with Crippen LogP contribution in [0.5, 0.6) is 0 Å². The van der Waals surface area contributed by atoms with Crippen molar-refractivity contribution in [1.82, 2.24) is 4.72 Å². The topological polar surface area (TPSA) is 87.3 Å². The van der Waals surface area contributed by atoms with Gasteiger partial charge in [0, 0.05) is 16.3 Å². The predicted molar refractivity (Wildman–Crippen MR) is 109 cm³/mol. The molecule has 142 valence electrons. The molecule has 8 heteroatoms. The fourth-order valence-electron chi connectivity index (χ4n) is 2.97. The number of halogens is 1. The van der Waals surface area contributed by atoms with E-state index in [-0.39, 0.29) is 10.8 Å². The number of anilines is 2. The summed E-state index contributed by atoms with van der Waals surface area (Å²) in [6.07, 6.45) is -0.620. The number of para-hydroxylation sites is 1. The monoisotopic (exact) mass is 413 g/mol. The maximum Gasteiger partial charge on any atom is 0.255 e. The second kappa shape index (κ2) is 7.27. The first-order chi connectivity index (χ1) is 13.4. The summed E-state index contributed by atoms with van der Waals surface area (Å²) in [7, 11) is -3.61. The van der Waals surface area contributed by atoms with Crippen LogP contribution in [-0.4, -0.2) is 14.3 Å². The molecule has 3 N–H and O–H groups in total. The van der Waals surface area contributed by atoms with E-state index in [2.05, 4.69) is 15.4 Å². The molecule has 0 radical (unpaired) electrons. The maximum atomic E-state index is 12.4. The zero-order valence-electron chi connectivity index (χ0n) is 14.5. The molecule has 1 atom stereocenters. The van der Waals surface area contributed by atoms with E-state index < -0.39 is 16.2 Å². The van der Waals surface area contributed by atoms with Crippen molar-refractivity contribution in [2.45, 2.75) is 11.1 Å². The third-order valence-corrected chi connectivity index (χ3v) is 6.05. The highest BCUT2D eigenvalue weighted by Crippen LogP contribution is 2.30. The molecule has 0 spiro atoms. The SMILES string of the molecule is O=C(Nc1cccc(Cl)c1)c1ccc([C@@H]2Nc3ccccc3S(=O)(=O)N2)cc1. The van der Waals surface area contributed by atoms with Crippen molar-refractivity contribution in [3.8, 4) is 0 Å². The number of amides is 1. The number of fused-ring (bicyclic) bond motifs is 1. The summed E-state index contributed by atoms with van der Waals surface area (Å²) in [6, 6.07) is 20.3. The first-order valence-electron chi connectivity index (χ1n) is 8.47. The van der Waals surface area contributed by atoms with Crippen molar-refractivity contribution in [2.75, 3.05) is 10.6 Å². The lowest BCUT2D eigenvalue weighted by Gasteiger charge is -2.28. The lowest BCUT2D eigenvalue weighted by molar-refractivity contribution is 0.102. The number of nitrogens with one attached hydrogen (secondary N) is 3. The Morgan fingerprint density at radius 2 is 1.71 bits per heavy atom. The van der Waals surface area contributed by atoms with Gasteiger partial charge in [-0.2, -0.15) is 4.72 Å². The highest BCUT2D eigenvalue weighted by Gasteiger charge is 2.29. The van der Waals surface area contributed by atoms with Gasteiger partial charge in [0.1, 0.15) is 11.1 Å². The molecule has 4 rings (SSSR count). The van der Waals surface area contributed by atoms with Gasteiger partial charge < -0.3 is 10.6 Å². The first kappa shape index (κ1) is 18.5. The van der Waals surface area contributed by atoms with E-state index in [1.165, 1.54) is 0 Å². The highest BCUT2D eigenvalue weighted by atomic mass is 35.5. The highest BCUT2D eigenvalue weighted by molar-refractivity contribution is 7.89. The van der Waals surface area contributed by atoms with Gasteiger partial charge in [-0.1, -0.05) is 41.9 Å². The van der Waals surface area contributed by atoms with Crippen LogP contribution >= 0.6 is 11.6 Å². The molecule has 6 nitrogen and oxygen atoms in total. The van der Waals surface area contributed by atoms with Crippen LogP contribution in [0.3, 0.4) is 0 Å². The van der Waals surface area contributed by atoms with Crippen molar-refractivity contribution in [2.24, 2.45) is 0 Å². The molecule has 0 saturated carbocycles. The van der Waals surface area contributed by atoms with E-state index >= 15 is 0 Å². The van der Waals surface area contributed by atoms with Crippen LogP contribution in [0.25, 0.3) is 0 Å². The van der Waals surface area contributed by atoms with Gasteiger partial charge in [-0.3, -0.25) is 4.79 Å². The number of carbonyl (C=O) groups excluding carboxylic acids is 1. The summed E-state index contributed by atoms with van der Waals surface area (Å²) in [4.78, 5) is 12.6. The summed E-state index contributed by atoms with van der Waals surface area (Å²) in [5.74, 6) is -0.281. The second-order valence-electron chi connectivity index (χ2n) is 6.28. The molecule has 0 fully saturated rings. The lowest BCUT2D eigenvalue weighted by Crippen LogP contribution is -2.38. The van der Waals surface area contributed by atoms with Gasteiger partial charge in [-0.25, -0.2) is 8.42 Å². The second-order valence-corrected chi connectivity index (χ2v) is 8.40.